The molecule has 0 saturated heterocycles. The second-order valence-corrected chi connectivity index (χ2v) is 4.84. The first-order valence-corrected chi connectivity index (χ1v) is 5.65. The third kappa shape index (κ3) is 2.35. The van der Waals surface area contributed by atoms with Gasteiger partial charge in [-0.05, 0) is 44.9 Å². The summed E-state index contributed by atoms with van der Waals surface area (Å²) in [6, 6.07) is 0. The van der Waals surface area contributed by atoms with E-state index in [1.54, 1.807) is 6.92 Å². The molecule has 14 heavy (non-hydrogen) atoms. The summed E-state index contributed by atoms with van der Waals surface area (Å²) in [6.45, 7) is 8.70. The van der Waals surface area contributed by atoms with Gasteiger partial charge in [0.05, 0.1) is 0 Å². The summed E-state index contributed by atoms with van der Waals surface area (Å²) in [5, 5.41) is 0. The van der Waals surface area contributed by atoms with Gasteiger partial charge in [0.2, 0.25) is 0 Å². The van der Waals surface area contributed by atoms with Gasteiger partial charge in [-0.1, -0.05) is 13.8 Å². The largest absolute Gasteiger partial charge is 0.367 e. The highest BCUT2D eigenvalue weighted by Gasteiger charge is 2.42. The number of hydrogen-bond donors (Lipinski definition) is 0. The van der Waals surface area contributed by atoms with E-state index < -0.39 is 5.60 Å². The molecule has 0 aromatic rings. The zero-order valence-electron chi connectivity index (χ0n) is 9.80. The molecule has 0 heterocycles. The summed E-state index contributed by atoms with van der Waals surface area (Å²) in [6.07, 6.45) is 3.03. The lowest BCUT2D eigenvalue weighted by Crippen LogP contribution is -2.46. The number of ether oxygens (including phenoxy) is 1. The van der Waals surface area contributed by atoms with Crippen LogP contribution in [-0.2, 0) is 9.53 Å². The van der Waals surface area contributed by atoms with Gasteiger partial charge in [-0.3, -0.25) is 4.79 Å². The summed E-state index contributed by atoms with van der Waals surface area (Å²) >= 11 is 0. The van der Waals surface area contributed by atoms with E-state index in [0.717, 1.165) is 12.8 Å². The monoisotopic (exact) mass is 198 g/mol. The van der Waals surface area contributed by atoms with E-state index in [4.69, 9.17) is 4.74 Å². The van der Waals surface area contributed by atoms with Gasteiger partial charge in [0, 0.05) is 6.61 Å². The van der Waals surface area contributed by atoms with Gasteiger partial charge in [-0.15, -0.1) is 0 Å². The maximum atomic E-state index is 11.7. The Kier molecular flexibility index (Phi) is 3.71. The molecule has 0 N–H and O–H groups in total. The maximum Gasteiger partial charge on any atom is 0.161 e. The Morgan fingerprint density at radius 1 is 1.36 bits per heavy atom. The molecule has 1 aliphatic carbocycles. The third-order valence-corrected chi connectivity index (χ3v) is 3.22. The van der Waals surface area contributed by atoms with Gasteiger partial charge in [-0.25, -0.2) is 0 Å². The van der Waals surface area contributed by atoms with Gasteiger partial charge < -0.3 is 4.74 Å². The lowest BCUT2D eigenvalue weighted by molar-refractivity contribution is -0.151. The summed E-state index contributed by atoms with van der Waals surface area (Å²) in [4.78, 5) is 11.7. The van der Waals surface area contributed by atoms with Crippen molar-refractivity contribution in [2.45, 2.75) is 52.6 Å². The van der Waals surface area contributed by atoms with E-state index in [1.807, 2.05) is 6.92 Å². The molecule has 2 atom stereocenters. The number of carbonyl (C=O) groups excluding carboxylic acids is 1. The van der Waals surface area contributed by atoms with Crippen LogP contribution in [0.5, 0.6) is 0 Å². The molecular weight excluding hydrogens is 176 g/mol. The molecule has 1 fully saturated rings. The normalized spacial score (nSPS) is 38.3. The predicted octanol–water partition coefficient (Wildman–Crippen LogP) is 2.81. The first-order valence-electron chi connectivity index (χ1n) is 5.65. The van der Waals surface area contributed by atoms with Crippen LogP contribution in [0.3, 0.4) is 0 Å². The quantitative estimate of drug-likeness (QED) is 0.697. The first-order chi connectivity index (χ1) is 6.50. The maximum absolute atomic E-state index is 11.7. The highest BCUT2D eigenvalue weighted by Crippen LogP contribution is 2.38. The molecule has 2 heteroatoms. The van der Waals surface area contributed by atoms with Crippen molar-refractivity contribution in [1.29, 1.82) is 0 Å². The van der Waals surface area contributed by atoms with Gasteiger partial charge >= 0.3 is 0 Å². The van der Waals surface area contributed by atoms with Gasteiger partial charge in [0.15, 0.2) is 5.78 Å². The van der Waals surface area contributed by atoms with Crippen LogP contribution in [0.1, 0.15) is 47.0 Å². The zero-order valence-corrected chi connectivity index (χ0v) is 9.80. The van der Waals surface area contributed by atoms with Crippen LogP contribution >= 0.6 is 0 Å². The first kappa shape index (κ1) is 11.7. The van der Waals surface area contributed by atoms with E-state index in [-0.39, 0.29) is 5.78 Å². The Morgan fingerprint density at radius 2 is 1.86 bits per heavy atom. The smallest absolute Gasteiger partial charge is 0.161 e. The van der Waals surface area contributed by atoms with Crippen molar-refractivity contribution >= 4 is 5.78 Å². The number of Topliss-reactive ketones (excluding diaryl/α,β-unsaturated/α-hetero) is 1. The SMILES string of the molecule is CCOC1(C(C)=O)CC(C)CC(C)C1. The molecule has 0 amide bonds. The Labute approximate surface area is 87.0 Å². The molecule has 1 rings (SSSR count). The Balaban J connectivity index is 2.79. The highest BCUT2D eigenvalue weighted by atomic mass is 16.5. The lowest BCUT2D eigenvalue weighted by atomic mass is 9.72. The van der Waals surface area contributed by atoms with Crippen LogP contribution in [0.4, 0.5) is 0 Å². The third-order valence-electron chi connectivity index (χ3n) is 3.22. The molecular formula is C12H22O2. The molecule has 0 spiro atoms. The van der Waals surface area contributed by atoms with E-state index >= 15 is 0 Å². The molecule has 0 radical (unpaired) electrons. The number of carbonyl (C=O) groups is 1. The fourth-order valence-corrected chi connectivity index (χ4v) is 2.85. The van der Waals surface area contributed by atoms with Gasteiger partial charge in [-0.2, -0.15) is 0 Å². The Bertz CT molecular complexity index is 200. The molecule has 2 unspecified atom stereocenters. The highest BCUT2D eigenvalue weighted by molar-refractivity contribution is 5.85. The Morgan fingerprint density at radius 3 is 2.21 bits per heavy atom. The second kappa shape index (κ2) is 4.43. The van der Waals surface area contributed by atoms with Crippen LogP contribution in [-0.4, -0.2) is 18.0 Å². The van der Waals surface area contributed by atoms with Crippen molar-refractivity contribution < 1.29 is 9.53 Å². The molecule has 0 bridgehead atoms. The minimum Gasteiger partial charge on any atom is -0.367 e. The minimum absolute atomic E-state index is 0.206. The fourth-order valence-electron chi connectivity index (χ4n) is 2.85. The van der Waals surface area contributed by atoms with Crippen molar-refractivity contribution in [1.82, 2.24) is 0 Å². The summed E-state index contributed by atoms with van der Waals surface area (Å²) in [5.74, 6) is 1.42. The average molecular weight is 198 g/mol. The summed E-state index contributed by atoms with van der Waals surface area (Å²) in [7, 11) is 0. The molecule has 1 saturated carbocycles. The molecule has 82 valence electrons. The molecule has 0 aromatic heterocycles. The van der Waals surface area contributed by atoms with E-state index in [1.165, 1.54) is 6.42 Å². The van der Waals surface area contributed by atoms with Crippen LogP contribution < -0.4 is 0 Å². The van der Waals surface area contributed by atoms with Gasteiger partial charge in [0.25, 0.3) is 0 Å². The van der Waals surface area contributed by atoms with Crippen molar-refractivity contribution in [3.05, 3.63) is 0 Å². The fraction of sp³-hybridized carbons (Fsp3) is 0.917. The molecule has 0 aliphatic heterocycles. The Hall–Kier alpha value is -0.370. The summed E-state index contributed by atoms with van der Waals surface area (Å²) in [5.41, 5.74) is -0.466. The van der Waals surface area contributed by atoms with Crippen LogP contribution in [0, 0.1) is 11.8 Å². The van der Waals surface area contributed by atoms with Crippen molar-refractivity contribution in [3.8, 4) is 0 Å². The minimum atomic E-state index is -0.466. The number of rotatable bonds is 3. The van der Waals surface area contributed by atoms with E-state index in [0.29, 0.717) is 18.4 Å². The average Bonchev–Trinajstić information content (AvgIpc) is 2.02. The standard InChI is InChI=1S/C12H22O2/c1-5-14-12(11(4)13)7-9(2)6-10(3)8-12/h9-10H,5-8H2,1-4H3. The molecule has 0 aromatic carbocycles. The van der Waals surface area contributed by atoms with Crippen LogP contribution in [0.15, 0.2) is 0 Å². The van der Waals surface area contributed by atoms with Crippen molar-refractivity contribution in [2.24, 2.45) is 11.8 Å². The van der Waals surface area contributed by atoms with E-state index in [9.17, 15) is 4.79 Å². The van der Waals surface area contributed by atoms with Crippen LogP contribution in [0.25, 0.3) is 0 Å². The second-order valence-electron chi connectivity index (χ2n) is 4.84. The summed E-state index contributed by atoms with van der Waals surface area (Å²) < 4.78 is 5.72. The number of ketones is 1. The topological polar surface area (TPSA) is 26.3 Å². The predicted molar refractivity (Wildman–Crippen MR) is 57.2 cm³/mol. The molecule has 2 nitrogen and oxygen atoms in total. The van der Waals surface area contributed by atoms with Crippen molar-refractivity contribution in [3.63, 3.8) is 0 Å². The lowest BCUT2D eigenvalue weighted by Gasteiger charge is -2.40. The number of hydrogen-bond acceptors (Lipinski definition) is 2. The van der Waals surface area contributed by atoms with Crippen LogP contribution in [0.2, 0.25) is 0 Å². The van der Waals surface area contributed by atoms with Crippen molar-refractivity contribution in [2.75, 3.05) is 6.61 Å². The zero-order chi connectivity index (χ0) is 10.8. The van der Waals surface area contributed by atoms with Gasteiger partial charge in [0.1, 0.15) is 5.60 Å². The molecule has 1 aliphatic rings. The van der Waals surface area contributed by atoms with E-state index in [2.05, 4.69) is 13.8 Å².